The zero-order chi connectivity index (χ0) is 9.84. The summed E-state index contributed by atoms with van der Waals surface area (Å²) in [6, 6.07) is -0.721. The quantitative estimate of drug-likeness (QED) is 0.216. The molecule has 6 nitrogen and oxygen atoms in total. The van der Waals surface area contributed by atoms with Crippen LogP contribution in [0.3, 0.4) is 0 Å². The van der Waals surface area contributed by atoms with Crippen LogP contribution >= 0.6 is 0 Å². The molecule has 0 heterocycles. The van der Waals surface area contributed by atoms with E-state index in [9.17, 15) is 10.1 Å². The van der Waals surface area contributed by atoms with E-state index in [0.717, 1.165) is 12.8 Å². The van der Waals surface area contributed by atoms with E-state index < -0.39 is 6.04 Å². The fourth-order valence-corrected chi connectivity index (χ4v) is 1.75. The van der Waals surface area contributed by atoms with Gasteiger partial charge in [-0.3, -0.25) is 10.1 Å². The maximum atomic E-state index is 10.6. The van der Waals surface area contributed by atoms with Gasteiger partial charge in [0.05, 0.1) is 0 Å². The van der Waals surface area contributed by atoms with E-state index >= 15 is 0 Å². The smallest absolute Gasteiger partial charge is 0.216 e. The Morgan fingerprint density at radius 1 is 1.62 bits per heavy atom. The first-order valence-electron chi connectivity index (χ1n) is 4.33. The van der Waals surface area contributed by atoms with E-state index in [1.807, 2.05) is 6.92 Å². The van der Waals surface area contributed by atoms with Crippen LogP contribution in [0.15, 0.2) is 5.11 Å². The van der Waals surface area contributed by atoms with Crippen molar-refractivity contribution in [3.8, 4) is 0 Å². The van der Waals surface area contributed by atoms with Gasteiger partial charge in [-0.05, 0) is 18.4 Å². The molecule has 1 rings (SSSR count). The average Bonchev–Trinajstić information content (AvgIpc) is 2.08. The van der Waals surface area contributed by atoms with Crippen LogP contribution in [0.4, 0.5) is 0 Å². The number of azide groups is 1. The molecule has 0 spiro atoms. The summed E-state index contributed by atoms with van der Waals surface area (Å²) in [5.74, 6) is 0.0974. The standard InChI is InChI=1S/C7H12N4O2/c1-5-2-3-6(9-10-8)4-7(5)11(12)13/h5-7H,2-4H2,1H3. The summed E-state index contributed by atoms with van der Waals surface area (Å²) >= 11 is 0. The van der Waals surface area contributed by atoms with Crippen molar-refractivity contribution in [3.05, 3.63) is 20.6 Å². The lowest BCUT2D eigenvalue weighted by molar-refractivity contribution is -0.535. The fraction of sp³-hybridized carbons (Fsp3) is 1.00. The summed E-state index contributed by atoms with van der Waals surface area (Å²) in [6.45, 7) is 1.87. The Morgan fingerprint density at radius 3 is 2.85 bits per heavy atom. The van der Waals surface area contributed by atoms with Gasteiger partial charge in [-0.15, -0.1) is 0 Å². The van der Waals surface area contributed by atoms with E-state index in [2.05, 4.69) is 10.0 Å². The second-order valence-electron chi connectivity index (χ2n) is 3.50. The highest BCUT2D eigenvalue weighted by Crippen LogP contribution is 2.28. The van der Waals surface area contributed by atoms with Crippen LogP contribution in [0, 0.1) is 16.0 Å². The van der Waals surface area contributed by atoms with Crippen molar-refractivity contribution in [2.24, 2.45) is 11.0 Å². The van der Waals surface area contributed by atoms with E-state index in [0.29, 0.717) is 6.42 Å². The third kappa shape index (κ3) is 2.32. The molecule has 0 aromatic carbocycles. The number of hydrogen-bond donors (Lipinski definition) is 0. The van der Waals surface area contributed by atoms with E-state index in [1.165, 1.54) is 0 Å². The molecule has 0 saturated heterocycles. The topological polar surface area (TPSA) is 91.9 Å². The predicted molar refractivity (Wildman–Crippen MR) is 46.7 cm³/mol. The van der Waals surface area contributed by atoms with Crippen molar-refractivity contribution < 1.29 is 4.92 Å². The lowest BCUT2D eigenvalue weighted by atomic mass is 9.83. The van der Waals surface area contributed by atoms with E-state index in [1.54, 1.807) is 0 Å². The normalized spacial score (nSPS) is 33.5. The van der Waals surface area contributed by atoms with Crippen LogP contribution in [0.5, 0.6) is 0 Å². The summed E-state index contributed by atoms with van der Waals surface area (Å²) in [4.78, 5) is 13.0. The Hall–Kier alpha value is -1.29. The minimum atomic E-state index is -0.538. The van der Waals surface area contributed by atoms with Crippen molar-refractivity contribution >= 4 is 0 Å². The number of rotatable bonds is 2. The van der Waals surface area contributed by atoms with Gasteiger partial charge in [-0.1, -0.05) is 12.0 Å². The Labute approximate surface area is 75.7 Å². The highest BCUT2D eigenvalue weighted by Gasteiger charge is 2.35. The third-order valence-electron chi connectivity index (χ3n) is 2.61. The summed E-state index contributed by atoms with van der Waals surface area (Å²) in [5.41, 5.74) is 8.20. The molecule has 1 saturated carbocycles. The highest BCUT2D eigenvalue weighted by molar-refractivity contribution is 4.82. The molecule has 13 heavy (non-hydrogen) atoms. The number of nitro groups is 1. The van der Waals surface area contributed by atoms with Crippen LogP contribution in [0.2, 0.25) is 0 Å². The molecule has 1 aliphatic carbocycles. The maximum Gasteiger partial charge on any atom is 0.216 e. The summed E-state index contributed by atoms with van der Waals surface area (Å²) in [6.07, 6.45) is 1.93. The minimum Gasteiger partial charge on any atom is -0.264 e. The van der Waals surface area contributed by atoms with Crippen LogP contribution in [-0.2, 0) is 0 Å². The summed E-state index contributed by atoms with van der Waals surface area (Å²) in [5, 5.41) is 14.1. The SMILES string of the molecule is CC1CCC(N=[N+]=[N-])CC1[N+](=O)[O-]. The number of nitrogens with zero attached hydrogens (tertiary/aromatic N) is 4. The Bertz CT molecular complexity index is 249. The molecular weight excluding hydrogens is 172 g/mol. The first kappa shape index (κ1) is 9.80. The molecule has 0 aromatic heterocycles. The van der Waals surface area contributed by atoms with Gasteiger partial charge in [0.25, 0.3) is 0 Å². The van der Waals surface area contributed by atoms with Gasteiger partial charge in [0.2, 0.25) is 6.04 Å². The van der Waals surface area contributed by atoms with Crippen molar-refractivity contribution in [3.63, 3.8) is 0 Å². The molecule has 0 aromatic rings. The minimum absolute atomic E-state index is 0.0974. The first-order valence-corrected chi connectivity index (χ1v) is 4.33. The molecule has 0 bridgehead atoms. The van der Waals surface area contributed by atoms with Crippen molar-refractivity contribution in [1.29, 1.82) is 0 Å². The molecular formula is C7H12N4O2. The molecule has 0 aliphatic heterocycles. The monoisotopic (exact) mass is 184 g/mol. The average molecular weight is 184 g/mol. The predicted octanol–water partition coefficient (Wildman–Crippen LogP) is 2.13. The lowest BCUT2D eigenvalue weighted by Gasteiger charge is -2.25. The molecule has 0 amide bonds. The molecule has 1 aliphatic rings. The van der Waals surface area contributed by atoms with Crippen molar-refractivity contribution in [2.75, 3.05) is 0 Å². The van der Waals surface area contributed by atoms with Gasteiger partial charge in [0.1, 0.15) is 0 Å². The summed E-state index contributed by atoms with van der Waals surface area (Å²) in [7, 11) is 0. The molecule has 1 fully saturated rings. The van der Waals surface area contributed by atoms with Gasteiger partial charge in [-0.25, -0.2) is 0 Å². The Balaban J connectivity index is 2.62. The highest BCUT2D eigenvalue weighted by atomic mass is 16.6. The van der Waals surface area contributed by atoms with Gasteiger partial charge in [0, 0.05) is 28.2 Å². The van der Waals surface area contributed by atoms with E-state index in [-0.39, 0.29) is 16.9 Å². The first-order chi connectivity index (χ1) is 6.15. The fourth-order valence-electron chi connectivity index (χ4n) is 1.75. The summed E-state index contributed by atoms with van der Waals surface area (Å²) < 4.78 is 0. The second kappa shape index (κ2) is 4.09. The molecule has 3 atom stereocenters. The van der Waals surface area contributed by atoms with Gasteiger partial charge in [-0.2, -0.15) is 0 Å². The molecule has 0 N–H and O–H groups in total. The third-order valence-corrected chi connectivity index (χ3v) is 2.61. The zero-order valence-electron chi connectivity index (χ0n) is 7.46. The van der Waals surface area contributed by atoms with Crippen molar-refractivity contribution in [2.45, 2.75) is 38.3 Å². The van der Waals surface area contributed by atoms with E-state index in [4.69, 9.17) is 5.53 Å². The maximum absolute atomic E-state index is 10.6. The molecule has 3 unspecified atom stereocenters. The zero-order valence-corrected chi connectivity index (χ0v) is 7.46. The molecule has 0 radical (unpaired) electrons. The molecule has 72 valence electrons. The molecule has 6 heteroatoms. The van der Waals surface area contributed by atoms with Crippen LogP contribution in [0.25, 0.3) is 10.4 Å². The van der Waals surface area contributed by atoms with Gasteiger partial charge in [0.15, 0.2) is 0 Å². The lowest BCUT2D eigenvalue weighted by Crippen LogP contribution is -2.35. The Kier molecular flexibility index (Phi) is 3.08. The second-order valence-corrected chi connectivity index (χ2v) is 3.50. The Morgan fingerprint density at radius 2 is 2.31 bits per heavy atom. The van der Waals surface area contributed by atoms with Gasteiger partial charge >= 0.3 is 0 Å². The van der Waals surface area contributed by atoms with Crippen LogP contribution in [0.1, 0.15) is 26.2 Å². The largest absolute Gasteiger partial charge is 0.264 e. The van der Waals surface area contributed by atoms with Crippen molar-refractivity contribution in [1.82, 2.24) is 0 Å². The number of hydrogen-bond acceptors (Lipinski definition) is 3. The van der Waals surface area contributed by atoms with Gasteiger partial charge < -0.3 is 0 Å². The van der Waals surface area contributed by atoms with Crippen LogP contribution < -0.4 is 0 Å². The van der Waals surface area contributed by atoms with Crippen LogP contribution in [-0.4, -0.2) is 17.0 Å².